The molecule has 0 spiro atoms. The van der Waals surface area contributed by atoms with E-state index in [1.165, 1.54) is 12.1 Å². The molecule has 4 heteroatoms. The zero-order chi connectivity index (χ0) is 8.27. The van der Waals surface area contributed by atoms with E-state index < -0.39 is 0 Å². The van der Waals surface area contributed by atoms with Gasteiger partial charge in [-0.2, -0.15) is 0 Å². The first-order valence-electron chi connectivity index (χ1n) is 4.03. The number of likely N-dealkylation sites (N-methyl/N-ethyl adjacent to an activating group) is 1. The van der Waals surface area contributed by atoms with E-state index in [2.05, 4.69) is 22.9 Å². The fourth-order valence-corrected chi connectivity index (χ4v) is 2.00. The van der Waals surface area contributed by atoms with Gasteiger partial charge in [0.05, 0.1) is 0 Å². The number of carbonyl (C=O) groups is 1. The van der Waals surface area contributed by atoms with Crippen LogP contribution in [0.1, 0.15) is 26.7 Å². The molecule has 3 nitrogen and oxygen atoms in total. The molecule has 1 saturated heterocycles. The fourth-order valence-electron chi connectivity index (χ4n) is 1.20. The summed E-state index contributed by atoms with van der Waals surface area (Å²) in [6, 6.07) is 0.106. The Balaban J connectivity index is 2.49. The molecule has 0 aromatic carbocycles. The van der Waals surface area contributed by atoms with Crippen molar-refractivity contribution in [2.24, 2.45) is 0 Å². The van der Waals surface area contributed by atoms with E-state index in [4.69, 9.17) is 0 Å². The van der Waals surface area contributed by atoms with E-state index in [0.717, 1.165) is 19.4 Å². The summed E-state index contributed by atoms with van der Waals surface area (Å²) in [5, 5.41) is 0. The number of carbonyl (C=O) groups excluding carboxylic acids is 1. The van der Waals surface area contributed by atoms with E-state index >= 15 is 0 Å². The largest absolute Gasteiger partial charge is 0.285 e. The first-order chi connectivity index (χ1) is 5.29. The topological polar surface area (TPSA) is 32.3 Å². The molecule has 0 aromatic heterocycles. The van der Waals surface area contributed by atoms with Gasteiger partial charge in [-0.3, -0.25) is 9.52 Å². The second-order valence-electron chi connectivity index (χ2n) is 2.60. The van der Waals surface area contributed by atoms with Crippen LogP contribution in [0.5, 0.6) is 0 Å². The lowest BCUT2D eigenvalue weighted by atomic mass is 10.1. The van der Waals surface area contributed by atoms with Crippen molar-refractivity contribution in [1.82, 2.24) is 9.03 Å². The zero-order valence-corrected chi connectivity index (χ0v) is 7.78. The van der Waals surface area contributed by atoms with E-state index in [9.17, 15) is 4.79 Å². The highest BCUT2D eigenvalue weighted by atomic mass is 32.2. The van der Waals surface area contributed by atoms with Crippen LogP contribution in [-0.2, 0) is 4.79 Å². The third-order valence-electron chi connectivity index (χ3n) is 1.79. The fraction of sp³-hybridized carbons (Fsp3) is 0.857. The molecule has 1 amide bonds. The van der Waals surface area contributed by atoms with E-state index in [0.29, 0.717) is 0 Å². The van der Waals surface area contributed by atoms with Crippen LogP contribution >= 0.6 is 12.1 Å². The summed E-state index contributed by atoms with van der Waals surface area (Å²) in [4.78, 5) is 11.2. The maximum atomic E-state index is 11.2. The minimum atomic E-state index is 0.106. The highest BCUT2D eigenvalue weighted by molar-refractivity contribution is 7.96. The molecular weight excluding hydrogens is 160 g/mol. The Bertz CT molecular complexity index is 151. The van der Waals surface area contributed by atoms with Crippen molar-refractivity contribution < 1.29 is 4.79 Å². The average Bonchev–Trinajstić information content (AvgIpc) is 2.34. The van der Waals surface area contributed by atoms with Crippen LogP contribution in [0.15, 0.2) is 0 Å². The third-order valence-corrected chi connectivity index (χ3v) is 2.83. The van der Waals surface area contributed by atoms with Crippen LogP contribution in [0.3, 0.4) is 0 Å². The Morgan fingerprint density at radius 3 is 2.91 bits per heavy atom. The normalized spacial score (nSPS) is 25.6. The molecule has 1 fully saturated rings. The Kier molecular flexibility index (Phi) is 3.20. The molecule has 1 heterocycles. The van der Waals surface area contributed by atoms with Crippen LogP contribution < -0.4 is 4.72 Å². The van der Waals surface area contributed by atoms with Gasteiger partial charge < -0.3 is 0 Å². The molecule has 1 N–H and O–H groups in total. The Hall–Kier alpha value is -0.220. The van der Waals surface area contributed by atoms with Crippen molar-refractivity contribution in [2.75, 3.05) is 6.54 Å². The number of amides is 1. The summed E-state index contributed by atoms with van der Waals surface area (Å²) in [5.41, 5.74) is 0. The van der Waals surface area contributed by atoms with Crippen LogP contribution in [0, 0.1) is 0 Å². The predicted octanol–water partition coefficient (Wildman–Crippen LogP) is 1.17. The van der Waals surface area contributed by atoms with Gasteiger partial charge in [-0.05, 0) is 6.42 Å². The van der Waals surface area contributed by atoms with Gasteiger partial charge in [0.15, 0.2) is 0 Å². The molecule has 0 radical (unpaired) electrons. The van der Waals surface area contributed by atoms with Gasteiger partial charge in [0.1, 0.15) is 6.04 Å². The van der Waals surface area contributed by atoms with Crippen LogP contribution in [0.2, 0.25) is 0 Å². The van der Waals surface area contributed by atoms with Crippen LogP contribution in [0.25, 0.3) is 0 Å². The van der Waals surface area contributed by atoms with Crippen molar-refractivity contribution in [1.29, 1.82) is 0 Å². The lowest BCUT2D eigenvalue weighted by Gasteiger charge is -2.15. The Morgan fingerprint density at radius 1 is 1.64 bits per heavy atom. The van der Waals surface area contributed by atoms with E-state index in [1.54, 1.807) is 0 Å². The van der Waals surface area contributed by atoms with Crippen molar-refractivity contribution in [3.63, 3.8) is 0 Å². The minimum Gasteiger partial charge on any atom is -0.285 e. The molecule has 11 heavy (non-hydrogen) atoms. The summed E-state index contributed by atoms with van der Waals surface area (Å²) < 4.78 is 4.85. The SMILES string of the molecule is CCCC1C(=O)NSN1CC. The van der Waals surface area contributed by atoms with Crippen molar-refractivity contribution in [2.45, 2.75) is 32.7 Å². The van der Waals surface area contributed by atoms with Crippen LogP contribution in [0.4, 0.5) is 0 Å². The first kappa shape index (κ1) is 8.87. The van der Waals surface area contributed by atoms with Crippen molar-refractivity contribution in [3.05, 3.63) is 0 Å². The molecular formula is C7H14N2OS. The quantitative estimate of drug-likeness (QED) is 0.652. The number of nitrogens with one attached hydrogen (secondary N) is 1. The monoisotopic (exact) mass is 174 g/mol. The van der Waals surface area contributed by atoms with Gasteiger partial charge >= 0.3 is 0 Å². The van der Waals surface area contributed by atoms with Gasteiger partial charge in [-0.1, -0.05) is 20.3 Å². The highest BCUT2D eigenvalue weighted by Crippen LogP contribution is 2.21. The Morgan fingerprint density at radius 2 is 2.36 bits per heavy atom. The van der Waals surface area contributed by atoms with Gasteiger partial charge in [0.2, 0.25) is 5.91 Å². The number of hydrogen-bond acceptors (Lipinski definition) is 3. The smallest absolute Gasteiger partial charge is 0.249 e. The summed E-state index contributed by atoms with van der Waals surface area (Å²) in [7, 11) is 0. The molecule has 1 unspecified atom stereocenters. The summed E-state index contributed by atoms with van der Waals surface area (Å²) >= 11 is 1.43. The lowest BCUT2D eigenvalue weighted by Crippen LogP contribution is -2.31. The summed E-state index contributed by atoms with van der Waals surface area (Å²) in [6.07, 6.45) is 2.03. The van der Waals surface area contributed by atoms with Gasteiger partial charge in [0, 0.05) is 18.7 Å². The number of rotatable bonds is 3. The predicted molar refractivity (Wildman–Crippen MR) is 46.8 cm³/mol. The summed E-state index contributed by atoms with van der Waals surface area (Å²) in [5.74, 6) is 0.165. The Labute approximate surface area is 71.8 Å². The maximum Gasteiger partial charge on any atom is 0.249 e. The molecule has 0 bridgehead atoms. The zero-order valence-electron chi connectivity index (χ0n) is 6.96. The molecule has 0 aromatic rings. The molecule has 1 aliphatic rings. The molecule has 1 aliphatic heterocycles. The standard InChI is InChI=1S/C7H14N2OS/c1-3-5-6-7(10)8-11-9(6)4-2/h6H,3-5H2,1-2H3,(H,8,10). The highest BCUT2D eigenvalue weighted by Gasteiger charge is 2.31. The number of hydrogen-bond donors (Lipinski definition) is 1. The van der Waals surface area contributed by atoms with Crippen LogP contribution in [-0.4, -0.2) is 22.8 Å². The van der Waals surface area contributed by atoms with E-state index in [-0.39, 0.29) is 11.9 Å². The molecule has 1 rings (SSSR count). The van der Waals surface area contributed by atoms with Crippen molar-refractivity contribution >= 4 is 18.0 Å². The first-order valence-corrected chi connectivity index (χ1v) is 4.80. The maximum absolute atomic E-state index is 11.2. The van der Waals surface area contributed by atoms with Gasteiger partial charge in [0.25, 0.3) is 0 Å². The second-order valence-corrected chi connectivity index (χ2v) is 3.45. The lowest BCUT2D eigenvalue weighted by molar-refractivity contribution is -0.121. The second kappa shape index (κ2) is 3.97. The van der Waals surface area contributed by atoms with Crippen molar-refractivity contribution in [3.8, 4) is 0 Å². The summed E-state index contributed by atoms with van der Waals surface area (Å²) in [6.45, 7) is 5.09. The molecule has 1 atom stereocenters. The molecule has 0 saturated carbocycles. The molecule has 64 valence electrons. The molecule has 0 aliphatic carbocycles. The average molecular weight is 174 g/mol. The number of nitrogens with zero attached hydrogens (tertiary/aromatic N) is 1. The third kappa shape index (κ3) is 1.87. The minimum absolute atomic E-state index is 0.106. The van der Waals surface area contributed by atoms with Gasteiger partial charge in [-0.15, -0.1) is 0 Å². The van der Waals surface area contributed by atoms with Gasteiger partial charge in [-0.25, -0.2) is 4.31 Å². The van der Waals surface area contributed by atoms with E-state index in [1.807, 2.05) is 0 Å².